The Bertz CT molecular complexity index is 2250. The van der Waals surface area contributed by atoms with E-state index in [0.29, 0.717) is 25.2 Å². The smallest absolute Gasteiger partial charge is 0.129 e. The molecule has 2 aliphatic heterocycles. The molecule has 4 heterocycles. The maximum atomic E-state index is 10.1. The Labute approximate surface area is 377 Å². The molecule has 6 N–H and O–H groups in total. The molecule has 10 nitrogen and oxygen atoms in total. The largest absolute Gasteiger partial charge is 0.508 e. The molecule has 2 aromatic heterocycles. The van der Waals surface area contributed by atoms with Crippen LogP contribution in [-0.2, 0) is 13.1 Å². The number of halogens is 2. The van der Waals surface area contributed by atoms with Crippen LogP contribution >= 0.6 is 23.2 Å². The number of aromatic nitrogens is 2. The van der Waals surface area contributed by atoms with E-state index >= 15 is 0 Å². The number of nitrogens with zero attached hydrogens (tertiary/aromatic N) is 4. The van der Waals surface area contributed by atoms with Gasteiger partial charge in [-0.3, -0.25) is 0 Å². The lowest BCUT2D eigenvalue weighted by molar-refractivity contribution is 0.317. The predicted octanol–water partition coefficient (Wildman–Crippen LogP) is 11.1. The lowest BCUT2D eigenvalue weighted by Gasteiger charge is -2.37. The van der Waals surface area contributed by atoms with Crippen molar-refractivity contribution in [1.29, 1.82) is 0 Å². The van der Waals surface area contributed by atoms with Crippen molar-refractivity contribution in [1.82, 2.24) is 20.6 Å². The second-order valence-corrected chi connectivity index (χ2v) is 19.6. The molecule has 2 aliphatic rings. The first kappa shape index (κ1) is 45.0. The van der Waals surface area contributed by atoms with Crippen LogP contribution in [0.4, 0.5) is 23.0 Å². The summed E-state index contributed by atoms with van der Waals surface area (Å²) in [5.41, 5.74) is 6.54. The summed E-state index contributed by atoms with van der Waals surface area (Å²) in [5, 5.41) is 38.0. The Morgan fingerprint density at radius 1 is 0.532 bits per heavy atom. The fourth-order valence-corrected chi connectivity index (χ4v) is 8.69. The summed E-state index contributed by atoms with van der Waals surface area (Å²) in [6, 6.07) is 31.7. The molecule has 0 atom stereocenters. The van der Waals surface area contributed by atoms with Crippen molar-refractivity contribution in [2.24, 2.45) is 0 Å². The van der Waals surface area contributed by atoms with E-state index in [1.807, 2.05) is 72.8 Å². The zero-order valence-corrected chi connectivity index (χ0v) is 38.4. The number of hydrogen-bond donors (Lipinski definition) is 6. The van der Waals surface area contributed by atoms with Gasteiger partial charge in [-0.2, -0.15) is 0 Å². The van der Waals surface area contributed by atoms with E-state index in [2.05, 4.69) is 84.7 Å². The molecule has 6 aromatic rings. The van der Waals surface area contributed by atoms with E-state index in [-0.39, 0.29) is 22.6 Å². The standard InChI is InChI=1S/2C25H31ClN4O/c2*1-25(2,3)29-19-10-12-30(13-11-19)23-15-24(27-16-17-4-6-18(26)7-5-17)28-22-9-8-20(31)14-21(22)23/h2*4-9,14-15,19,29,31H,10-13,16H2,1-3H3,(H,27,28). The quantitative estimate of drug-likeness (QED) is 0.0793. The van der Waals surface area contributed by atoms with Gasteiger partial charge in [-0.25, -0.2) is 9.97 Å². The molecule has 0 aliphatic carbocycles. The molecule has 62 heavy (non-hydrogen) atoms. The molecule has 8 rings (SSSR count). The molecular formula is C50H62Cl2N8O2. The Balaban J connectivity index is 0.000000186. The van der Waals surface area contributed by atoms with Gasteiger partial charge in [0.1, 0.15) is 23.1 Å². The number of piperidine rings is 2. The van der Waals surface area contributed by atoms with Crippen molar-refractivity contribution >= 4 is 68.0 Å². The van der Waals surface area contributed by atoms with Gasteiger partial charge in [0.15, 0.2) is 0 Å². The van der Waals surface area contributed by atoms with Crippen LogP contribution in [0.3, 0.4) is 0 Å². The number of benzene rings is 4. The molecular weight excluding hydrogens is 816 g/mol. The number of hydrogen-bond acceptors (Lipinski definition) is 10. The van der Waals surface area contributed by atoms with Crippen LogP contribution in [0.2, 0.25) is 10.0 Å². The minimum Gasteiger partial charge on any atom is -0.508 e. The first-order valence-electron chi connectivity index (χ1n) is 21.8. The Kier molecular flexibility index (Phi) is 14.2. The predicted molar refractivity (Wildman–Crippen MR) is 261 cm³/mol. The van der Waals surface area contributed by atoms with Crippen LogP contribution in [0.5, 0.6) is 11.5 Å². The summed E-state index contributed by atoms with van der Waals surface area (Å²) in [4.78, 5) is 14.4. The number of anilines is 4. The zero-order chi connectivity index (χ0) is 44.0. The highest BCUT2D eigenvalue weighted by Gasteiger charge is 2.26. The molecule has 0 spiro atoms. The van der Waals surface area contributed by atoms with Crippen LogP contribution in [-0.4, -0.2) is 69.5 Å². The fourth-order valence-electron chi connectivity index (χ4n) is 8.44. The monoisotopic (exact) mass is 876 g/mol. The molecule has 0 unspecified atom stereocenters. The van der Waals surface area contributed by atoms with E-state index in [4.69, 9.17) is 33.2 Å². The number of nitrogens with one attached hydrogen (secondary N) is 4. The average molecular weight is 878 g/mol. The van der Waals surface area contributed by atoms with Crippen LogP contribution in [0, 0.1) is 0 Å². The van der Waals surface area contributed by atoms with Crippen LogP contribution in [0.15, 0.2) is 97.1 Å². The molecule has 0 radical (unpaired) electrons. The van der Waals surface area contributed by atoms with Gasteiger partial charge >= 0.3 is 0 Å². The van der Waals surface area contributed by atoms with Gasteiger partial charge in [-0.1, -0.05) is 47.5 Å². The van der Waals surface area contributed by atoms with Crippen LogP contribution in [0.1, 0.15) is 78.4 Å². The summed E-state index contributed by atoms with van der Waals surface area (Å²) in [6.07, 6.45) is 4.36. The molecule has 0 saturated carbocycles. The second-order valence-electron chi connectivity index (χ2n) is 18.7. The maximum Gasteiger partial charge on any atom is 0.129 e. The molecule has 0 amide bonds. The number of phenols is 2. The normalized spacial score (nSPS) is 15.4. The van der Waals surface area contributed by atoms with E-state index in [1.54, 1.807) is 12.1 Å². The number of rotatable bonds is 10. The van der Waals surface area contributed by atoms with E-state index < -0.39 is 0 Å². The second kappa shape index (κ2) is 19.6. The number of phenolic OH excluding ortho intramolecular Hbond substituents is 2. The van der Waals surface area contributed by atoms with Gasteiger partial charge < -0.3 is 41.3 Å². The molecule has 2 fully saturated rings. The summed E-state index contributed by atoms with van der Waals surface area (Å²) < 4.78 is 0. The van der Waals surface area contributed by atoms with Crippen molar-refractivity contribution < 1.29 is 10.2 Å². The topological polar surface area (TPSA) is 121 Å². The molecule has 4 aromatic carbocycles. The summed E-state index contributed by atoms with van der Waals surface area (Å²) in [5.74, 6) is 2.19. The number of pyridine rings is 2. The van der Waals surface area contributed by atoms with Crippen molar-refractivity contribution in [3.8, 4) is 11.5 Å². The number of fused-ring (bicyclic) bond motifs is 2. The molecule has 328 valence electrons. The minimum atomic E-state index is 0.126. The van der Waals surface area contributed by atoms with Gasteiger partial charge in [0, 0.05) is 107 Å². The fraction of sp³-hybridized carbons (Fsp3) is 0.400. The van der Waals surface area contributed by atoms with Gasteiger partial charge in [0.2, 0.25) is 0 Å². The Morgan fingerprint density at radius 2 is 0.887 bits per heavy atom. The summed E-state index contributed by atoms with van der Waals surface area (Å²) in [7, 11) is 0. The van der Waals surface area contributed by atoms with Crippen molar-refractivity contribution in [3.05, 3.63) is 118 Å². The van der Waals surface area contributed by atoms with Crippen LogP contribution < -0.4 is 31.1 Å². The van der Waals surface area contributed by atoms with Gasteiger partial charge in [0.25, 0.3) is 0 Å². The molecule has 2 saturated heterocycles. The number of aromatic hydroxyl groups is 2. The van der Waals surface area contributed by atoms with Gasteiger partial charge in [-0.15, -0.1) is 0 Å². The summed E-state index contributed by atoms with van der Waals surface area (Å²) >= 11 is 12.0. The van der Waals surface area contributed by atoms with E-state index in [1.165, 1.54) is 0 Å². The average Bonchev–Trinajstić information content (AvgIpc) is 3.22. The van der Waals surface area contributed by atoms with Gasteiger partial charge in [0.05, 0.1) is 11.0 Å². The molecule has 0 bridgehead atoms. The van der Waals surface area contributed by atoms with E-state index in [9.17, 15) is 10.2 Å². The third kappa shape index (κ3) is 12.6. The van der Waals surface area contributed by atoms with Gasteiger partial charge in [-0.05, 0) is 139 Å². The van der Waals surface area contributed by atoms with E-state index in [0.717, 1.165) is 118 Å². The van der Waals surface area contributed by atoms with Crippen LogP contribution in [0.25, 0.3) is 21.8 Å². The third-order valence-electron chi connectivity index (χ3n) is 11.3. The Hall–Kier alpha value is -5.00. The molecule has 12 heteroatoms. The lowest BCUT2D eigenvalue weighted by atomic mass is 9.99. The van der Waals surface area contributed by atoms with Crippen molar-refractivity contribution in [2.45, 2.75) is 103 Å². The van der Waals surface area contributed by atoms with Crippen molar-refractivity contribution in [3.63, 3.8) is 0 Å². The highest BCUT2D eigenvalue weighted by Crippen LogP contribution is 2.35. The minimum absolute atomic E-state index is 0.126. The summed E-state index contributed by atoms with van der Waals surface area (Å²) in [6.45, 7) is 18.5. The SMILES string of the molecule is CC(C)(C)NC1CCN(c2cc(NCc3ccc(Cl)cc3)nc3ccc(O)cc23)CC1.CC(C)(C)NC1CCN(c2cc(NCc3ccc(Cl)cc3)nc3ccc(O)cc23)CC1. The lowest BCUT2D eigenvalue weighted by Crippen LogP contribution is -2.49. The zero-order valence-electron chi connectivity index (χ0n) is 36.9. The van der Waals surface area contributed by atoms with Crippen molar-refractivity contribution in [2.75, 3.05) is 46.6 Å². The first-order valence-corrected chi connectivity index (χ1v) is 22.6. The highest BCUT2D eigenvalue weighted by molar-refractivity contribution is 6.30. The Morgan fingerprint density at radius 3 is 1.23 bits per heavy atom. The first-order chi connectivity index (χ1) is 29.5. The third-order valence-corrected chi connectivity index (χ3v) is 11.8. The maximum absolute atomic E-state index is 10.1. The highest BCUT2D eigenvalue weighted by atomic mass is 35.5.